The number of amides is 2. The highest BCUT2D eigenvalue weighted by Gasteiger charge is 2.37. The van der Waals surface area contributed by atoms with E-state index in [-0.39, 0.29) is 24.9 Å². The molecule has 0 spiro atoms. The van der Waals surface area contributed by atoms with Crippen LogP contribution in [0.15, 0.2) is 24.5 Å². The van der Waals surface area contributed by atoms with Gasteiger partial charge in [0.05, 0.1) is 19.2 Å². The number of hydrogen-bond acceptors (Lipinski definition) is 5. The lowest BCUT2D eigenvalue weighted by molar-refractivity contribution is -0.149. The van der Waals surface area contributed by atoms with E-state index in [0.29, 0.717) is 12.1 Å². The van der Waals surface area contributed by atoms with E-state index in [1.54, 1.807) is 18.3 Å². The van der Waals surface area contributed by atoms with E-state index in [1.807, 2.05) is 0 Å². The number of nitrogens with zero attached hydrogens (tertiary/aromatic N) is 3. The maximum absolute atomic E-state index is 12.5. The normalized spacial score (nSPS) is 18.3. The van der Waals surface area contributed by atoms with Gasteiger partial charge in [0, 0.05) is 32.4 Å². The van der Waals surface area contributed by atoms with E-state index in [1.165, 1.54) is 30.0 Å². The maximum Gasteiger partial charge on any atom is 0.330 e. The minimum Gasteiger partial charge on any atom is -0.467 e. The summed E-state index contributed by atoms with van der Waals surface area (Å²) < 4.78 is 4.75. The second-order valence-electron chi connectivity index (χ2n) is 4.74. The monoisotopic (exact) mass is 291 g/mol. The molecule has 1 saturated heterocycles. The largest absolute Gasteiger partial charge is 0.467 e. The highest BCUT2D eigenvalue weighted by atomic mass is 16.5. The number of esters is 1. The summed E-state index contributed by atoms with van der Waals surface area (Å²) in [5.74, 6) is -0.947. The molecule has 0 radical (unpaired) electrons. The molecule has 1 aliphatic heterocycles. The summed E-state index contributed by atoms with van der Waals surface area (Å²) in [7, 11) is 1.27. The van der Waals surface area contributed by atoms with Gasteiger partial charge in [-0.3, -0.25) is 14.6 Å². The van der Waals surface area contributed by atoms with Crippen molar-refractivity contribution in [2.45, 2.75) is 13.0 Å². The van der Waals surface area contributed by atoms with Crippen molar-refractivity contribution in [2.24, 2.45) is 0 Å². The Kier molecular flexibility index (Phi) is 4.52. The second kappa shape index (κ2) is 6.34. The maximum atomic E-state index is 12.5. The van der Waals surface area contributed by atoms with Crippen LogP contribution in [0.4, 0.5) is 0 Å². The molecule has 1 unspecified atom stereocenters. The number of ether oxygens (including phenoxy) is 1. The predicted octanol–water partition coefficient (Wildman–Crippen LogP) is -0.0725. The third-order valence-corrected chi connectivity index (χ3v) is 3.47. The van der Waals surface area contributed by atoms with Crippen LogP contribution in [-0.2, 0) is 14.3 Å². The first-order chi connectivity index (χ1) is 10.0. The van der Waals surface area contributed by atoms with Crippen LogP contribution < -0.4 is 0 Å². The van der Waals surface area contributed by atoms with Crippen LogP contribution in [0, 0.1) is 0 Å². The first kappa shape index (κ1) is 15.0. The van der Waals surface area contributed by atoms with Crippen molar-refractivity contribution in [3.05, 3.63) is 30.1 Å². The van der Waals surface area contributed by atoms with E-state index in [4.69, 9.17) is 4.74 Å². The van der Waals surface area contributed by atoms with Crippen molar-refractivity contribution in [3.63, 3.8) is 0 Å². The van der Waals surface area contributed by atoms with E-state index in [2.05, 4.69) is 4.98 Å². The fourth-order valence-electron chi connectivity index (χ4n) is 2.30. The average Bonchev–Trinajstić information content (AvgIpc) is 2.53. The fraction of sp³-hybridized carbons (Fsp3) is 0.429. The molecule has 1 fully saturated rings. The van der Waals surface area contributed by atoms with Crippen LogP contribution in [0.5, 0.6) is 0 Å². The number of carbonyl (C=O) groups excluding carboxylic acids is 3. The van der Waals surface area contributed by atoms with Gasteiger partial charge in [-0.25, -0.2) is 4.79 Å². The van der Waals surface area contributed by atoms with Gasteiger partial charge in [0.25, 0.3) is 5.91 Å². The molecule has 1 atom stereocenters. The fourth-order valence-corrected chi connectivity index (χ4v) is 2.30. The quantitative estimate of drug-likeness (QED) is 0.712. The summed E-state index contributed by atoms with van der Waals surface area (Å²) >= 11 is 0. The highest BCUT2D eigenvalue weighted by molar-refractivity contribution is 5.97. The topological polar surface area (TPSA) is 79.8 Å². The highest BCUT2D eigenvalue weighted by Crippen LogP contribution is 2.15. The lowest BCUT2D eigenvalue weighted by Gasteiger charge is -2.39. The lowest BCUT2D eigenvalue weighted by Crippen LogP contribution is -2.59. The van der Waals surface area contributed by atoms with Gasteiger partial charge >= 0.3 is 5.97 Å². The zero-order valence-electron chi connectivity index (χ0n) is 12.0. The molecule has 1 aromatic rings. The summed E-state index contributed by atoms with van der Waals surface area (Å²) in [6.45, 7) is 2.27. The van der Waals surface area contributed by atoms with Crippen molar-refractivity contribution in [2.75, 3.05) is 26.7 Å². The number of methoxy groups -OCH3 is 1. The first-order valence-electron chi connectivity index (χ1n) is 6.59. The number of rotatable bonds is 2. The minimum absolute atomic E-state index is 0.127. The first-order valence-corrected chi connectivity index (χ1v) is 6.59. The zero-order chi connectivity index (χ0) is 15.4. The Hall–Kier alpha value is -2.44. The number of pyridine rings is 1. The summed E-state index contributed by atoms with van der Waals surface area (Å²) in [6.07, 6.45) is 3.02. The van der Waals surface area contributed by atoms with Gasteiger partial charge in [-0.05, 0) is 12.1 Å². The molecule has 1 aromatic heterocycles. The molecule has 2 heterocycles. The summed E-state index contributed by atoms with van der Waals surface area (Å²) in [5.41, 5.74) is 0.405. The Morgan fingerprint density at radius 2 is 2.10 bits per heavy atom. The zero-order valence-corrected chi connectivity index (χ0v) is 12.0. The van der Waals surface area contributed by atoms with Crippen molar-refractivity contribution in [1.82, 2.24) is 14.8 Å². The molecule has 0 N–H and O–H groups in total. The third kappa shape index (κ3) is 3.18. The van der Waals surface area contributed by atoms with E-state index < -0.39 is 12.0 Å². The van der Waals surface area contributed by atoms with Crippen molar-refractivity contribution >= 4 is 17.8 Å². The number of aromatic nitrogens is 1. The van der Waals surface area contributed by atoms with Crippen molar-refractivity contribution in [1.29, 1.82) is 0 Å². The van der Waals surface area contributed by atoms with E-state index >= 15 is 0 Å². The summed E-state index contributed by atoms with van der Waals surface area (Å²) in [5, 5.41) is 0. The Labute approximate surface area is 122 Å². The number of hydrogen-bond donors (Lipinski definition) is 0. The standard InChI is InChI=1S/C14H17N3O4/c1-10(18)16-6-7-17(12(9-16)14(20)21-2)13(19)11-4-3-5-15-8-11/h3-5,8,12H,6-7,9H2,1-2H3. The van der Waals surface area contributed by atoms with Gasteiger partial charge in [-0.2, -0.15) is 0 Å². The second-order valence-corrected chi connectivity index (χ2v) is 4.74. The van der Waals surface area contributed by atoms with Gasteiger partial charge in [0.15, 0.2) is 0 Å². The molecular formula is C14H17N3O4. The molecule has 112 valence electrons. The molecule has 1 aliphatic rings. The van der Waals surface area contributed by atoms with Crippen LogP contribution in [-0.4, -0.2) is 65.4 Å². The van der Waals surface area contributed by atoms with Gasteiger partial charge < -0.3 is 14.5 Å². The minimum atomic E-state index is -0.791. The van der Waals surface area contributed by atoms with Crippen molar-refractivity contribution in [3.8, 4) is 0 Å². The van der Waals surface area contributed by atoms with Crippen LogP contribution in [0.3, 0.4) is 0 Å². The molecular weight excluding hydrogens is 274 g/mol. The van der Waals surface area contributed by atoms with Gasteiger partial charge in [0.1, 0.15) is 6.04 Å². The molecule has 0 bridgehead atoms. The molecule has 2 rings (SSSR count). The molecule has 0 aromatic carbocycles. The summed E-state index contributed by atoms with van der Waals surface area (Å²) in [6, 6.07) is 2.51. The predicted molar refractivity (Wildman–Crippen MR) is 73.3 cm³/mol. The molecule has 7 nitrogen and oxygen atoms in total. The third-order valence-electron chi connectivity index (χ3n) is 3.47. The molecule has 21 heavy (non-hydrogen) atoms. The molecule has 0 aliphatic carbocycles. The Balaban J connectivity index is 2.22. The average molecular weight is 291 g/mol. The van der Waals surface area contributed by atoms with Gasteiger partial charge in [0.2, 0.25) is 5.91 Å². The lowest BCUT2D eigenvalue weighted by atomic mass is 10.1. The van der Waals surface area contributed by atoms with Crippen LogP contribution in [0.2, 0.25) is 0 Å². The smallest absolute Gasteiger partial charge is 0.330 e. The van der Waals surface area contributed by atoms with Crippen LogP contribution >= 0.6 is 0 Å². The number of piperazine rings is 1. The molecule has 2 amide bonds. The van der Waals surface area contributed by atoms with Gasteiger partial charge in [-0.15, -0.1) is 0 Å². The number of carbonyl (C=O) groups is 3. The molecule has 0 saturated carbocycles. The molecule has 7 heteroatoms. The Morgan fingerprint density at radius 3 is 2.67 bits per heavy atom. The Bertz CT molecular complexity index is 546. The van der Waals surface area contributed by atoms with E-state index in [0.717, 1.165) is 0 Å². The van der Waals surface area contributed by atoms with E-state index in [9.17, 15) is 14.4 Å². The van der Waals surface area contributed by atoms with Gasteiger partial charge in [-0.1, -0.05) is 0 Å². The van der Waals surface area contributed by atoms with Crippen molar-refractivity contribution < 1.29 is 19.1 Å². The van der Waals surface area contributed by atoms with Crippen LogP contribution in [0.25, 0.3) is 0 Å². The van der Waals surface area contributed by atoms with Crippen LogP contribution in [0.1, 0.15) is 17.3 Å². The Morgan fingerprint density at radius 1 is 1.33 bits per heavy atom. The summed E-state index contributed by atoms with van der Waals surface area (Å²) in [4.78, 5) is 42.7. The SMILES string of the molecule is COC(=O)C1CN(C(C)=O)CCN1C(=O)c1cccnc1.